The first-order valence-electron chi connectivity index (χ1n) is 7.33. The normalized spacial score (nSPS) is 24.1. The van der Waals surface area contributed by atoms with Crippen molar-refractivity contribution in [3.05, 3.63) is 29.8 Å². The van der Waals surface area contributed by atoms with Gasteiger partial charge >= 0.3 is 0 Å². The Morgan fingerprint density at radius 1 is 1.48 bits per heavy atom. The number of aliphatic hydroxyl groups is 1. The fourth-order valence-corrected chi connectivity index (χ4v) is 3.58. The molecule has 1 N–H and O–H groups in total. The molecule has 1 aromatic rings. The second kappa shape index (κ2) is 5.31. The van der Waals surface area contributed by atoms with E-state index in [-0.39, 0.29) is 18.1 Å². The SMILES string of the molecule is COc1cccc(C(=O)N2CC3(C[C@H](CO)CN3C)C2)c1. The molecule has 0 bridgehead atoms. The number of nitrogens with zero attached hydrogens (tertiary/aromatic N) is 2. The molecule has 0 saturated carbocycles. The predicted octanol–water partition coefficient (Wildman–Crippen LogP) is 0.834. The van der Waals surface area contributed by atoms with Gasteiger partial charge in [0.2, 0.25) is 0 Å². The van der Waals surface area contributed by atoms with Crippen molar-refractivity contribution in [1.29, 1.82) is 0 Å². The molecule has 21 heavy (non-hydrogen) atoms. The summed E-state index contributed by atoms with van der Waals surface area (Å²) >= 11 is 0. The van der Waals surface area contributed by atoms with Gasteiger partial charge < -0.3 is 14.7 Å². The smallest absolute Gasteiger partial charge is 0.254 e. The third-order valence-corrected chi connectivity index (χ3v) is 4.84. The fraction of sp³-hybridized carbons (Fsp3) is 0.562. The van der Waals surface area contributed by atoms with Gasteiger partial charge in [0.15, 0.2) is 0 Å². The first kappa shape index (κ1) is 14.4. The molecule has 1 aromatic carbocycles. The minimum Gasteiger partial charge on any atom is -0.497 e. The zero-order valence-corrected chi connectivity index (χ0v) is 12.6. The van der Waals surface area contributed by atoms with Crippen molar-refractivity contribution in [2.45, 2.75) is 12.0 Å². The lowest BCUT2D eigenvalue weighted by Crippen LogP contribution is -2.68. The molecule has 0 unspecified atom stereocenters. The van der Waals surface area contributed by atoms with Crippen LogP contribution in [0.25, 0.3) is 0 Å². The molecule has 5 nitrogen and oxygen atoms in total. The molecule has 2 aliphatic heterocycles. The van der Waals surface area contributed by atoms with Gasteiger partial charge in [-0.25, -0.2) is 0 Å². The van der Waals surface area contributed by atoms with Crippen molar-refractivity contribution in [2.24, 2.45) is 5.92 Å². The Bertz CT molecular complexity index is 540. The van der Waals surface area contributed by atoms with E-state index >= 15 is 0 Å². The summed E-state index contributed by atoms with van der Waals surface area (Å²) in [6.07, 6.45) is 0.974. The Morgan fingerprint density at radius 2 is 2.24 bits per heavy atom. The Hall–Kier alpha value is -1.59. The summed E-state index contributed by atoms with van der Waals surface area (Å²) in [7, 11) is 3.69. The third-order valence-electron chi connectivity index (χ3n) is 4.84. The van der Waals surface area contributed by atoms with Crippen molar-refractivity contribution in [2.75, 3.05) is 40.4 Å². The van der Waals surface area contributed by atoms with E-state index in [9.17, 15) is 9.90 Å². The minimum absolute atomic E-state index is 0.0559. The maximum absolute atomic E-state index is 12.5. The lowest BCUT2D eigenvalue weighted by Gasteiger charge is -2.52. The molecular weight excluding hydrogens is 268 g/mol. The monoisotopic (exact) mass is 290 g/mol. The van der Waals surface area contributed by atoms with Crippen molar-refractivity contribution >= 4 is 5.91 Å². The van der Waals surface area contributed by atoms with E-state index in [1.165, 1.54) is 0 Å². The molecule has 2 heterocycles. The summed E-state index contributed by atoms with van der Waals surface area (Å²) in [5.41, 5.74) is 0.741. The summed E-state index contributed by atoms with van der Waals surface area (Å²) in [4.78, 5) is 16.7. The minimum atomic E-state index is 0.0559. The molecule has 0 aromatic heterocycles. The number of ether oxygens (including phenoxy) is 1. The number of carbonyl (C=O) groups is 1. The van der Waals surface area contributed by atoms with Crippen LogP contribution in [0.3, 0.4) is 0 Å². The van der Waals surface area contributed by atoms with Crippen LogP contribution in [0.5, 0.6) is 5.75 Å². The van der Waals surface area contributed by atoms with Crippen LogP contribution in [0.4, 0.5) is 0 Å². The first-order valence-corrected chi connectivity index (χ1v) is 7.33. The summed E-state index contributed by atoms with van der Waals surface area (Å²) in [6.45, 7) is 2.64. The van der Waals surface area contributed by atoms with Gasteiger partial charge in [-0.2, -0.15) is 0 Å². The van der Waals surface area contributed by atoms with E-state index < -0.39 is 0 Å². The van der Waals surface area contributed by atoms with Gasteiger partial charge in [0, 0.05) is 31.8 Å². The molecule has 1 atom stereocenters. The number of aliphatic hydroxyl groups excluding tert-OH is 1. The number of methoxy groups -OCH3 is 1. The molecular formula is C16H22N2O3. The Morgan fingerprint density at radius 3 is 2.86 bits per heavy atom. The number of hydrogen-bond donors (Lipinski definition) is 1. The number of rotatable bonds is 3. The van der Waals surface area contributed by atoms with Crippen LogP contribution in [0, 0.1) is 5.92 Å². The van der Waals surface area contributed by atoms with Crippen LogP contribution in [-0.4, -0.2) is 66.8 Å². The van der Waals surface area contributed by atoms with Crippen LogP contribution in [-0.2, 0) is 0 Å². The quantitative estimate of drug-likeness (QED) is 0.896. The highest BCUT2D eigenvalue weighted by atomic mass is 16.5. The van der Waals surface area contributed by atoms with E-state index in [2.05, 4.69) is 11.9 Å². The van der Waals surface area contributed by atoms with Crippen molar-refractivity contribution in [3.63, 3.8) is 0 Å². The zero-order chi connectivity index (χ0) is 15.0. The Kier molecular flexibility index (Phi) is 3.63. The van der Waals surface area contributed by atoms with Gasteiger partial charge in [0.25, 0.3) is 5.91 Å². The van der Waals surface area contributed by atoms with Gasteiger partial charge in [-0.15, -0.1) is 0 Å². The highest BCUT2D eigenvalue weighted by molar-refractivity contribution is 5.95. The zero-order valence-electron chi connectivity index (χ0n) is 12.6. The fourth-order valence-electron chi connectivity index (χ4n) is 3.58. The standard InChI is InChI=1S/C16H22N2O3/c1-17-8-12(9-19)7-16(17)10-18(11-16)15(20)13-4-3-5-14(6-13)21-2/h3-6,12,19H,7-11H2,1-2H3/t12-/m0/s1. The molecule has 1 spiro atoms. The first-order chi connectivity index (χ1) is 10.1. The molecule has 2 aliphatic rings. The molecule has 2 saturated heterocycles. The molecule has 5 heteroatoms. The Labute approximate surface area is 125 Å². The van der Waals surface area contributed by atoms with Crippen molar-refractivity contribution in [1.82, 2.24) is 9.80 Å². The average molecular weight is 290 g/mol. The number of likely N-dealkylation sites (N-methyl/N-ethyl adjacent to an activating group) is 1. The number of hydrogen-bond acceptors (Lipinski definition) is 4. The van der Waals surface area contributed by atoms with Crippen LogP contribution < -0.4 is 4.74 Å². The predicted molar refractivity (Wildman–Crippen MR) is 79.5 cm³/mol. The highest BCUT2D eigenvalue weighted by Gasteiger charge is 2.52. The largest absolute Gasteiger partial charge is 0.497 e. The summed E-state index contributed by atoms with van der Waals surface area (Å²) in [6, 6.07) is 7.28. The summed E-state index contributed by atoms with van der Waals surface area (Å²) in [5, 5.41) is 9.33. The van der Waals surface area contributed by atoms with Crippen molar-refractivity contribution in [3.8, 4) is 5.75 Å². The maximum Gasteiger partial charge on any atom is 0.254 e. The third kappa shape index (κ3) is 2.40. The molecule has 2 fully saturated rings. The molecule has 3 rings (SSSR count). The molecule has 114 valence electrons. The lowest BCUT2D eigenvalue weighted by molar-refractivity contribution is -0.00775. The van der Waals surface area contributed by atoms with Crippen LogP contribution >= 0.6 is 0 Å². The van der Waals surface area contributed by atoms with Gasteiger partial charge in [0.1, 0.15) is 5.75 Å². The average Bonchev–Trinajstić information content (AvgIpc) is 2.82. The van der Waals surface area contributed by atoms with E-state index in [1.807, 2.05) is 23.1 Å². The Balaban J connectivity index is 1.67. The second-order valence-electron chi connectivity index (χ2n) is 6.25. The topological polar surface area (TPSA) is 53.0 Å². The van der Waals surface area contributed by atoms with Crippen LogP contribution in [0.15, 0.2) is 24.3 Å². The van der Waals surface area contributed by atoms with Gasteiger partial charge in [-0.1, -0.05) is 6.07 Å². The number of amides is 1. The second-order valence-corrected chi connectivity index (χ2v) is 6.25. The van der Waals surface area contributed by atoms with E-state index in [4.69, 9.17) is 4.74 Å². The van der Waals surface area contributed by atoms with Gasteiger partial charge in [-0.3, -0.25) is 9.69 Å². The lowest BCUT2D eigenvalue weighted by atomic mass is 9.84. The molecule has 0 aliphatic carbocycles. The van der Waals surface area contributed by atoms with Crippen molar-refractivity contribution < 1.29 is 14.6 Å². The summed E-state index contributed by atoms with van der Waals surface area (Å²) < 4.78 is 5.17. The van der Waals surface area contributed by atoms with Gasteiger partial charge in [-0.05, 0) is 37.6 Å². The number of benzene rings is 1. The van der Waals surface area contributed by atoms with E-state index in [0.717, 1.165) is 26.1 Å². The molecule has 0 radical (unpaired) electrons. The molecule has 1 amide bonds. The van der Waals surface area contributed by atoms with Gasteiger partial charge in [0.05, 0.1) is 12.6 Å². The van der Waals surface area contributed by atoms with Crippen LogP contribution in [0.1, 0.15) is 16.8 Å². The van der Waals surface area contributed by atoms with Crippen LogP contribution in [0.2, 0.25) is 0 Å². The van der Waals surface area contributed by atoms with E-state index in [1.54, 1.807) is 13.2 Å². The number of likely N-dealkylation sites (tertiary alicyclic amines) is 2. The maximum atomic E-state index is 12.5. The van der Waals surface area contributed by atoms with E-state index in [0.29, 0.717) is 17.2 Å². The number of carbonyl (C=O) groups excluding carboxylic acids is 1. The summed E-state index contributed by atoms with van der Waals surface area (Å²) in [5.74, 6) is 1.10. The highest BCUT2D eigenvalue weighted by Crippen LogP contribution is 2.39.